The molecule has 25 heavy (non-hydrogen) atoms. The number of benzene rings is 1. The molecule has 0 aliphatic heterocycles. The van der Waals surface area contributed by atoms with Crippen molar-refractivity contribution in [1.82, 2.24) is 44.9 Å². The molecule has 0 saturated heterocycles. The van der Waals surface area contributed by atoms with E-state index in [9.17, 15) is 0 Å². The van der Waals surface area contributed by atoms with Crippen molar-refractivity contribution in [3.63, 3.8) is 0 Å². The quantitative estimate of drug-likeness (QED) is 0.529. The molecule has 0 atom stereocenters. The Balaban J connectivity index is 1.41. The number of rotatable bonds is 5. The minimum Gasteiger partial charge on any atom is -0.455 e. The van der Waals surface area contributed by atoms with Gasteiger partial charge in [0.2, 0.25) is 0 Å². The fourth-order valence-corrected chi connectivity index (χ4v) is 2.08. The third-order valence-corrected chi connectivity index (χ3v) is 3.37. The lowest BCUT2D eigenvalue weighted by Gasteiger charge is -2.01. The molecule has 3 aromatic heterocycles. The van der Waals surface area contributed by atoms with Gasteiger partial charge in [0.15, 0.2) is 0 Å². The highest BCUT2D eigenvalue weighted by Crippen LogP contribution is 2.09. The lowest BCUT2D eigenvalue weighted by Crippen LogP contribution is -2.07. The Labute approximate surface area is 142 Å². The topological polar surface area (TPSA) is 109 Å². The molecular weight excluding hydrogens is 322 g/mol. The molecule has 0 amide bonds. The molecule has 0 aliphatic rings. The molecule has 10 nitrogen and oxygen atoms in total. The van der Waals surface area contributed by atoms with Gasteiger partial charge in [-0.05, 0) is 19.1 Å². The lowest BCUT2D eigenvalue weighted by molar-refractivity contribution is 0.267. The summed E-state index contributed by atoms with van der Waals surface area (Å²) in [5, 5.41) is 23.8. The summed E-state index contributed by atoms with van der Waals surface area (Å²) in [4.78, 5) is 3.91. The average Bonchev–Trinajstić information content (AvgIpc) is 3.33. The fraction of sp³-hybridized carbons (Fsp3) is 0.133. The zero-order chi connectivity index (χ0) is 17.1. The molecule has 0 fully saturated rings. The molecule has 1 aromatic carbocycles. The van der Waals surface area contributed by atoms with Crippen LogP contribution in [0.1, 0.15) is 11.3 Å². The Morgan fingerprint density at radius 1 is 1.00 bits per heavy atom. The van der Waals surface area contributed by atoms with Crippen LogP contribution < -0.4 is 4.74 Å². The van der Waals surface area contributed by atoms with Crippen LogP contribution in [0.3, 0.4) is 0 Å². The van der Waals surface area contributed by atoms with Gasteiger partial charge >= 0.3 is 6.01 Å². The van der Waals surface area contributed by atoms with Crippen molar-refractivity contribution in [2.45, 2.75) is 13.5 Å². The normalized spacial score (nSPS) is 10.8. The minimum atomic E-state index is 0.0637. The summed E-state index contributed by atoms with van der Waals surface area (Å²) in [5.74, 6) is 0.315. The first-order chi connectivity index (χ1) is 12.3. The highest BCUT2D eigenvalue weighted by Gasteiger charge is 2.07. The van der Waals surface area contributed by atoms with E-state index in [1.165, 1.54) is 5.56 Å². The number of nitrogens with zero attached hydrogens (tertiary/aromatic N) is 9. The maximum Gasteiger partial charge on any atom is 0.355 e. The van der Waals surface area contributed by atoms with Gasteiger partial charge in [-0.25, -0.2) is 9.67 Å². The molecule has 124 valence electrons. The number of aromatic nitrogens is 9. The highest BCUT2D eigenvalue weighted by molar-refractivity contribution is 5.33. The van der Waals surface area contributed by atoms with Crippen LogP contribution in [0.15, 0.2) is 49.2 Å². The van der Waals surface area contributed by atoms with Crippen LogP contribution in [-0.4, -0.2) is 44.9 Å². The summed E-state index contributed by atoms with van der Waals surface area (Å²) in [5.41, 5.74) is 2.75. The van der Waals surface area contributed by atoms with Crippen LogP contribution in [-0.2, 0) is 6.61 Å². The smallest absolute Gasteiger partial charge is 0.355 e. The van der Waals surface area contributed by atoms with E-state index in [1.807, 2.05) is 31.2 Å². The third kappa shape index (κ3) is 3.32. The van der Waals surface area contributed by atoms with Gasteiger partial charge in [0.25, 0.3) is 5.95 Å². The Hall–Kier alpha value is -3.69. The number of hydrogen-bond donors (Lipinski definition) is 0. The van der Waals surface area contributed by atoms with E-state index in [2.05, 4.69) is 35.7 Å². The Kier molecular flexibility index (Phi) is 3.83. The average molecular weight is 335 g/mol. The third-order valence-electron chi connectivity index (χ3n) is 3.37. The SMILES string of the molecule is Cc1ccc(-n2cc(COc3nnc(-n4ccnc4)nn3)nn2)cc1. The Bertz CT molecular complexity index is 946. The van der Waals surface area contributed by atoms with Crippen molar-refractivity contribution in [3.05, 3.63) is 60.4 Å². The number of imidazole rings is 1. The summed E-state index contributed by atoms with van der Waals surface area (Å²) >= 11 is 0. The van der Waals surface area contributed by atoms with E-state index in [0.29, 0.717) is 11.6 Å². The molecule has 4 rings (SSSR count). The van der Waals surface area contributed by atoms with Crippen LogP contribution >= 0.6 is 0 Å². The molecule has 0 saturated carbocycles. The summed E-state index contributed by atoms with van der Waals surface area (Å²) in [6, 6.07) is 8.04. The van der Waals surface area contributed by atoms with Gasteiger partial charge in [0.05, 0.1) is 11.9 Å². The van der Waals surface area contributed by atoms with E-state index in [4.69, 9.17) is 4.74 Å². The van der Waals surface area contributed by atoms with Crippen molar-refractivity contribution in [2.75, 3.05) is 0 Å². The summed E-state index contributed by atoms with van der Waals surface area (Å²) in [7, 11) is 0. The minimum absolute atomic E-state index is 0.0637. The second kappa shape index (κ2) is 6.43. The van der Waals surface area contributed by atoms with E-state index >= 15 is 0 Å². The zero-order valence-electron chi connectivity index (χ0n) is 13.3. The van der Waals surface area contributed by atoms with Crippen molar-refractivity contribution >= 4 is 0 Å². The highest BCUT2D eigenvalue weighted by atomic mass is 16.5. The molecule has 0 spiro atoms. The first-order valence-corrected chi connectivity index (χ1v) is 7.45. The monoisotopic (exact) mass is 335 g/mol. The summed E-state index contributed by atoms with van der Waals surface area (Å²) in [6.07, 6.45) is 6.65. The maximum atomic E-state index is 5.44. The number of aryl methyl sites for hydroxylation is 1. The predicted molar refractivity (Wildman–Crippen MR) is 85.2 cm³/mol. The molecule has 4 aromatic rings. The molecule has 0 radical (unpaired) electrons. The molecule has 0 unspecified atom stereocenters. The lowest BCUT2D eigenvalue weighted by atomic mass is 10.2. The summed E-state index contributed by atoms with van der Waals surface area (Å²) in [6.45, 7) is 2.20. The second-order valence-electron chi connectivity index (χ2n) is 5.23. The van der Waals surface area contributed by atoms with Crippen LogP contribution in [0.4, 0.5) is 0 Å². The van der Waals surface area contributed by atoms with Crippen LogP contribution in [0.5, 0.6) is 6.01 Å². The van der Waals surface area contributed by atoms with E-state index in [-0.39, 0.29) is 12.6 Å². The van der Waals surface area contributed by atoms with E-state index < -0.39 is 0 Å². The van der Waals surface area contributed by atoms with Gasteiger partial charge in [-0.1, -0.05) is 33.1 Å². The van der Waals surface area contributed by atoms with Crippen molar-refractivity contribution < 1.29 is 4.74 Å². The van der Waals surface area contributed by atoms with Crippen molar-refractivity contribution in [3.8, 4) is 17.6 Å². The summed E-state index contributed by atoms with van der Waals surface area (Å²) < 4.78 is 8.72. The molecule has 3 heterocycles. The van der Waals surface area contributed by atoms with Gasteiger partial charge in [0, 0.05) is 12.4 Å². The molecule has 0 bridgehead atoms. The maximum absolute atomic E-state index is 5.44. The van der Waals surface area contributed by atoms with Crippen molar-refractivity contribution in [1.29, 1.82) is 0 Å². The van der Waals surface area contributed by atoms with Crippen LogP contribution in [0.25, 0.3) is 11.6 Å². The zero-order valence-corrected chi connectivity index (χ0v) is 13.3. The van der Waals surface area contributed by atoms with E-state index in [0.717, 1.165) is 5.69 Å². The molecule has 0 aliphatic carbocycles. The van der Waals surface area contributed by atoms with Crippen LogP contribution in [0, 0.1) is 6.92 Å². The van der Waals surface area contributed by atoms with Gasteiger partial charge in [-0.15, -0.1) is 15.3 Å². The van der Waals surface area contributed by atoms with Crippen molar-refractivity contribution in [2.24, 2.45) is 0 Å². The number of hydrogen-bond acceptors (Lipinski definition) is 8. The van der Waals surface area contributed by atoms with Gasteiger partial charge in [-0.3, -0.25) is 4.57 Å². The standard InChI is InChI=1S/C15H13N9O/c1-11-2-4-13(5-3-11)24-8-12(17-22-24)9-25-15-20-18-14(19-21-15)23-7-6-16-10-23/h2-8,10H,9H2,1H3. The van der Waals surface area contributed by atoms with Gasteiger partial charge < -0.3 is 4.74 Å². The largest absolute Gasteiger partial charge is 0.455 e. The van der Waals surface area contributed by atoms with Gasteiger partial charge in [0.1, 0.15) is 18.6 Å². The Morgan fingerprint density at radius 2 is 1.80 bits per heavy atom. The fourth-order valence-electron chi connectivity index (χ4n) is 2.08. The first-order valence-electron chi connectivity index (χ1n) is 7.45. The molecule has 0 N–H and O–H groups in total. The molecular formula is C15H13N9O. The first kappa shape index (κ1) is 14.9. The Morgan fingerprint density at radius 3 is 2.52 bits per heavy atom. The second-order valence-corrected chi connectivity index (χ2v) is 5.23. The molecule has 10 heteroatoms. The predicted octanol–water partition coefficient (Wildman–Crippen LogP) is 0.920. The van der Waals surface area contributed by atoms with Crippen LogP contribution in [0.2, 0.25) is 0 Å². The number of ether oxygens (including phenoxy) is 1. The van der Waals surface area contributed by atoms with Gasteiger partial charge in [-0.2, -0.15) is 0 Å². The van der Waals surface area contributed by atoms with E-state index in [1.54, 1.807) is 34.2 Å².